The van der Waals surface area contributed by atoms with Gasteiger partial charge in [0.25, 0.3) is 5.91 Å². The normalized spacial score (nSPS) is 14.0. The molecule has 0 spiro atoms. The third-order valence-electron chi connectivity index (χ3n) is 6.04. The van der Waals surface area contributed by atoms with Crippen molar-refractivity contribution in [1.29, 1.82) is 0 Å². The predicted molar refractivity (Wildman–Crippen MR) is 128 cm³/mol. The topological polar surface area (TPSA) is 95.6 Å². The van der Waals surface area contributed by atoms with Gasteiger partial charge in [0.05, 0.1) is 23.3 Å². The standard InChI is InChI=1S/C26H20N6O/c1-27-22-13-15(9-12-29-22)26(33)32-24-17-6-3-2-5-16(17)23-18(24)7-4-8-19(23)25-30-20-10-11-28-14-21(20)31-25/h2-14,24H,1H3,(H,27,29)(H,30,31)(H,32,33)/t24-/m1/s1. The molecule has 0 saturated heterocycles. The largest absolute Gasteiger partial charge is 0.373 e. The van der Waals surface area contributed by atoms with Gasteiger partial charge in [0.2, 0.25) is 0 Å². The van der Waals surface area contributed by atoms with E-state index < -0.39 is 0 Å². The molecular formula is C26H20N6O. The van der Waals surface area contributed by atoms with Crippen molar-refractivity contribution >= 4 is 22.8 Å². The summed E-state index contributed by atoms with van der Waals surface area (Å²) in [6, 6.07) is 19.4. The van der Waals surface area contributed by atoms with Crippen molar-refractivity contribution in [2.75, 3.05) is 12.4 Å². The highest BCUT2D eigenvalue weighted by Crippen LogP contribution is 2.47. The van der Waals surface area contributed by atoms with Crippen LogP contribution in [0.4, 0.5) is 5.82 Å². The average Bonchev–Trinajstić information content (AvgIpc) is 3.44. The number of pyridine rings is 2. The first-order chi connectivity index (χ1) is 16.2. The predicted octanol–water partition coefficient (Wildman–Crippen LogP) is 4.56. The number of fused-ring (bicyclic) bond motifs is 4. The molecule has 0 radical (unpaired) electrons. The summed E-state index contributed by atoms with van der Waals surface area (Å²) in [6.07, 6.45) is 5.15. The zero-order valence-corrected chi connectivity index (χ0v) is 17.8. The van der Waals surface area contributed by atoms with Crippen LogP contribution in [0.3, 0.4) is 0 Å². The van der Waals surface area contributed by atoms with Gasteiger partial charge in [0.1, 0.15) is 11.6 Å². The zero-order chi connectivity index (χ0) is 22.4. The van der Waals surface area contributed by atoms with Gasteiger partial charge in [0.15, 0.2) is 0 Å². The molecule has 1 atom stereocenters. The number of amides is 1. The molecule has 0 fully saturated rings. The minimum Gasteiger partial charge on any atom is -0.373 e. The van der Waals surface area contributed by atoms with Crippen LogP contribution in [0.15, 0.2) is 79.3 Å². The maximum Gasteiger partial charge on any atom is 0.252 e. The second kappa shape index (κ2) is 7.56. The van der Waals surface area contributed by atoms with Crippen LogP contribution in [-0.2, 0) is 0 Å². The lowest BCUT2D eigenvalue weighted by atomic mass is 9.98. The summed E-state index contributed by atoms with van der Waals surface area (Å²) in [5.74, 6) is 1.28. The first-order valence-electron chi connectivity index (χ1n) is 10.7. The Balaban J connectivity index is 1.46. The molecule has 7 heteroatoms. The fourth-order valence-corrected chi connectivity index (χ4v) is 4.52. The van der Waals surface area contributed by atoms with Gasteiger partial charge in [-0.25, -0.2) is 9.97 Å². The van der Waals surface area contributed by atoms with Crippen LogP contribution < -0.4 is 10.6 Å². The van der Waals surface area contributed by atoms with Crippen LogP contribution in [-0.4, -0.2) is 32.9 Å². The van der Waals surface area contributed by atoms with Crippen LogP contribution in [0.1, 0.15) is 27.5 Å². The van der Waals surface area contributed by atoms with E-state index in [9.17, 15) is 4.79 Å². The number of H-pyrrole nitrogens is 1. The first-order valence-corrected chi connectivity index (χ1v) is 10.7. The van der Waals surface area contributed by atoms with Gasteiger partial charge >= 0.3 is 0 Å². The Kier molecular flexibility index (Phi) is 4.40. The van der Waals surface area contributed by atoms with Crippen LogP contribution in [0.25, 0.3) is 33.5 Å². The Bertz CT molecular complexity index is 1490. The van der Waals surface area contributed by atoms with Gasteiger partial charge < -0.3 is 15.6 Å². The molecule has 7 nitrogen and oxygen atoms in total. The minimum absolute atomic E-state index is 0.151. The van der Waals surface area contributed by atoms with E-state index in [0.29, 0.717) is 11.4 Å². The number of nitrogens with zero attached hydrogens (tertiary/aromatic N) is 3. The molecule has 0 unspecified atom stereocenters. The molecule has 1 aliphatic rings. The first kappa shape index (κ1) is 19.2. The molecule has 1 amide bonds. The summed E-state index contributed by atoms with van der Waals surface area (Å²) >= 11 is 0. The fraction of sp³-hybridized carbons (Fsp3) is 0.0769. The summed E-state index contributed by atoms with van der Waals surface area (Å²) < 4.78 is 0. The van der Waals surface area contributed by atoms with E-state index in [0.717, 1.165) is 44.7 Å². The number of hydrogen-bond acceptors (Lipinski definition) is 5. The number of benzene rings is 2. The second-order valence-electron chi connectivity index (χ2n) is 7.92. The van der Waals surface area contributed by atoms with Crippen LogP contribution >= 0.6 is 0 Å². The van der Waals surface area contributed by atoms with Gasteiger partial charge in [-0.15, -0.1) is 0 Å². The lowest BCUT2D eigenvalue weighted by Crippen LogP contribution is -2.28. The van der Waals surface area contributed by atoms with E-state index in [2.05, 4.69) is 49.9 Å². The Labute approximate surface area is 190 Å². The van der Waals surface area contributed by atoms with Crippen LogP contribution in [0, 0.1) is 0 Å². The molecule has 33 heavy (non-hydrogen) atoms. The molecule has 1 aliphatic carbocycles. The number of imidazole rings is 1. The van der Waals surface area contributed by atoms with Crippen LogP contribution in [0.2, 0.25) is 0 Å². The van der Waals surface area contributed by atoms with E-state index in [4.69, 9.17) is 4.98 Å². The summed E-state index contributed by atoms with van der Waals surface area (Å²) in [5, 5.41) is 6.21. The van der Waals surface area contributed by atoms with Crippen molar-refractivity contribution in [2.24, 2.45) is 0 Å². The molecule has 3 aromatic heterocycles. The number of carbonyl (C=O) groups excluding carboxylic acids is 1. The molecule has 2 aromatic carbocycles. The Morgan fingerprint density at radius 2 is 1.82 bits per heavy atom. The minimum atomic E-state index is -0.263. The highest BCUT2D eigenvalue weighted by molar-refractivity contribution is 5.97. The number of anilines is 1. The Morgan fingerprint density at radius 1 is 0.970 bits per heavy atom. The third kappa shape index (κ3) is 3.13. The highest BCUT2D eigenvalue weighted by atomic mass is 16.1. The number of rotatable bonds is 4. The lowest BCUT2D eigenvalue weighted by molar-refractivity contribution is 0.0943. The molecule has 6 rings (SSSR count). The fourth-order valence-electron chi connectivity index (χ4n) is 4.52. The summed E-state index contributed by atoms with van der Waals surface area (Å²) in [5.41, 5.74) is 7.59. The molecule has 5 aromatic rings. The quantitative estimate of drug-likeness (QED) is 0.387. The molecule has 3 N–H and O–H groups in total. The van der Waals surface area contributed by atoms with Gasteiger partial charge in [0, 0.05) is 30.6 Å². The van der Waals surface area contributed by atoms with Crippen molar-refractivity contribution in [3.05, 3.63) is 95.9 Å². The monoisotopic (exact) mass is 432 g/mol. The molecule has 160 valence electrons. The van der Waals surface area contributed by atoms with Crippen molar-refractivity contribution < 1.29 is 4.79 Å². The average molecular weight is 432 g/mol. The van der Waals surface area contributed by atoms with E-state index in [1.807, 2.05) is 24.3 Å². The number of nitrogens with one attached hydrogen (secondary N) is 3. The van der Waals surface area contributed by atoms with Crippen molar-refractivity contribution in [1.82, 2.24) is 25.3 Å². The molecule has 0 bridgehead atoms. The lowest BCUT2D eigenvalue weighted by Gasteiger charge is -2.16. The number of aromatic amines is 1. The zero-order valence-electron chi connectivity index (χ0n) is 17.8. The summed E-state index contributed by atoms with van der Waals surface area (Å²) in [7, 11) is 1.78. The van der Waals surface area contributed by atoms with Crippen molar-refractivity contribution in [3.63, 3.8) is 0 Å². The van der Waals surface area contributed by atoms with Gasteiger partial charge in [-0.3, -0.25) is 9.78 Å². The molecule has 0 aliphatic heterocycles. The van der Waals surface area contributed by atoms with E-state index in [1.165, 1.54) is 0 Å². The maximum absolute atomic E-state index is 13.2. The SMILES string of the molecule is CNc1cc(C(=O)N[C@@H]2c3ccccc3-c3c(-c4nc5ccncc5[nH]4)cccc32)ccn1. The van der Waals surface area contributed by atoms with E-state index in [1.54, 1.807) is 37.8 Å². The van der Waals surface area contributed by atoms with E-state index in [-0.39, 0.29) is 11.9 Å². The second-order valence-corrected chi connectivity index (χ2v) is 7.92. The Morgan fingerprint density at radius 3 is 2.70 bits per heavy atom. The number of aromatic nitrogens is 4. The number of carbonyl (C=O) groups is 1. The van der Waals surface area contributed by atoms with Gasteiger partial charge in [-0.1, -0.05) is 42.5 Å². The molecule has 0 saturated carbocycles. The van der Waals surface area contributed by atoms with E-state index >= 15 is 0 Å². The van der Waals surface area contributed by atoms with Crippen molar-refractivity contribution in [3.8, 4) is 22.5 Å². The summed E-state index contributed by atoms with van der Waals surface area (Å²) in [4.78, 5) is 29.7. The van der Waals surface area contributed by atoms with Crippen LogP contribution in [0.5, 0.6) is 0 Å². The molecular weight excluding hydrogens is 412 g/mol. The van der Waals surface area contributed by atoms with Crippen molar-refractivity contribution in [2.45, 2.75) is 6.04 Å². The third-order valence-corrected chi connectivity index (χ3v) is 6.04. The molecule has 3 heterocycles. The highest BCUT2D eigenvalue weighted by Gasteiger charge is 2.32. The van der Waals surface area contributed by atoms with Gasteiger partial charge in [-0.2, -0.15) is 0 Å². The number of hydrogen-bond donors (Lipinski definition) is 3. The smallest absolute Gasteiger partial charge is 0.252 e. The summed E-state index contributed by atoms with van der Waals surface area (Å²) in [6.45, 7) is 0. The Hall–Kier alpha value is -4.52. The van der Waals surface area contributed by atoms with Gasteiger partial charge in [-0.05, 0) is 40.5 Å². The maximum atomic E-state index is 13.2.